The Morgan fingerprint density at radius 3 is 2.22 bits per heavy atom. The highest BCUT2D eigenvalue weighted by atomic mass is 16.4. The van der Waals surface area contributed by atoms with Crippen molar-refractivity contribution in [3.8, 4) is 0 Å². The minimum absolute atomic E-state index is 0.0676. The van der Waals surface area contributed by atoms with E-state index >= 15 is 0 Å². The number of aromatic nitrogens is 2. The maximum absolute atomic E-state index is 13.6. The van der Waals surface area contributed by atoms with Gasteiger partial charge in [-0.25, -0.2) is 9.78 Å². The number of nitrogens with zero attached hydrogens (tertiary/aromatic N) is 4. The fourth-order valence-electron chi connectivity index (χ4n) is 6.12. The van der Waals surface area contributed by atoms with E-state index in [1.165, 1.54) is 22.3 Å². The number of carbonyl (C=O) groups is 6. The molecule has 3 heterocycles. The molecular formula is C31H51N11O8. The molecule has 12 N–H and O–H groups in total. The largest absolute Gasteiger partial charge is 0.480 e. The van der Waals surface area contributed by atoms with Crippen LogP contribution in [0.3, 0.4) is 0 Å². The number of H-pyrrole nitrogens is 1. The zero-order valence-electron chi connectivity index (χ0n) is 28.5. The van der Waals surface area contributed by atoms with Crippen LogP contribution in [-0.4, -0.2) is 134 Å². The molecular weight excluding hydrogens is 654 g/mol. The fourth-order valence-corrected chi connectivity index (χ4v) is 6.12. The highest BCUT2D eigenvalue weighted by molar-refractivity contribution is 5.96. The zero-order valence-corrected chi connectivity index (χ0v) is 28.5. The normalized spacial score (nSPS) is 20.2. The molecule has 2 fully saturated rings. The number of carbonyl (C=O) groups excluding carboxylic acids is 5. The lowest BCUT2D eigenvalue weighted by Gasteiger charge is -2.31. The Bertz CT molecular complexity index is 1370. The lowest BCUT2D eigenvalue weighted by Crippen LogP contribution is -2.61. The first kappa shape index (κ1) is 39.7. The molecule has 0 radical (unpaired) electrons. The summed E-state index contributed by atoms with van der Waals surface area (Å²) in [4.78, 5) is 92.3. The number of carboxylic acid groups (broad SMARTS) is 1. The molecule has 19 nitrogen and oxygen atoms in total. The van der Waals surface area contributed by atoms with Crippen LogP contribution in [0.25, 0.3) is 0 Å². The van der Waals surface area contributed by atoms with Crippen LogP contribution < -0.4 is 33.2 Å². The lowest BCUT2D eigenvalue weighted by molar-refractivity contribution is -0.150. The number of aliphatic hydroxyl groups is 1. The van der Waals surface area contributed by atoms with E-state index in [2.05, 4.69) is 30.9 Å². The number of hydrogen-bond acceptors (Lipinski definition) is 10. The molecule has 0 unspecified atom stereocenters. The highest BCUT2D eigenvalue weighted by Gasteiger charge is 2.41. The van der Waals surface area contributed by atoms with E-state index in [0.29, 0.717) is 57.3 Å². The minimum atomic E-state index is -1.52. The van der Waals surface area contributed by atoms with E-state index in [1.54, 1.807) is 6.92 Å². The maximum atomic E-state index is 13.6. The fraction of sp³-hybridized carbons (Fsp3) is 0.677. The molecule has 0 aromatic carbocycles. The third-order valence-electron chi connectivity index (χ3n) is 9.15. The van der Waals surface area contributed by atoms with Gasteiger partial charge in [-0.05, 0) is 44.4 Å². The predicted octanol–water partition coefficient (Wildman–Crippen LogP) is -3.11. The number of nitrogens with one attached hydrogen (secondary N) is 4. The van der Waals surface area contributed by atoms with Crippen LogP contribution in [0.1, 0.15) is 64.5 Å². The lowest BCUT2D eigenvalue weighted by atomic mass is 9.97. The number of aliphatic carboxylic acids is 1. The van der Waals surface area contributed by atoms with Crippen molar-refractivity contribution in [1.82, 2.24) is 35.7 Å². The Morgan fingerprint density at radius 2 is 1.64 bits per heavy atom. The van der Waals surface area contributed by atoms with Crippen molar-refractivity contribution in [1.29, 1.82) is 0 Å². The van der Waals surface area contributed by atoms with Crippen LogP contribution in [0.2, 0.25) is 0 Å². The third kappa shape index (κ3) is 10.6. The SMILES string of the molecule is CC[C@H](C)[C@H](NC(=O)[C@H](CO)NC(=O)[C@H](Cc1cnc[nH]1)NC(=O)[C@@H]1CCCN1C(=O)[C@@H](N)CCCN=C(N)N)C(=O)N1CCC[C@H]1C(=O)O. The number of likely N-dealkylation sites (tertiary alicyclic amines) is 2. The molecule has 19 heteroatoms. The average Bonchev–Trinajstić information content (AvgIpc) is 3.89. The summed E-state index contributed by atoms with van der Waals surface area (Å²) < 4.78 is 0. The predicted molar refractivity (Wildman–Crippen MR) is 180 cm³/mol. The second-order valence-electron chi connectivity index (χ2n) is 12.7. The number of hydrogen-bond donors (Lipinski definition) is 9. The van der Waals surface area contributed by atoms with Gasteiger partial charge in [0, 0.05) is 37.9 Å². The number of rotatable bonds is 18. The van der Waals surface area contributed by atoms with Crippen molar-refractivity contribution in [2.24, 2.45) is 28.1 Å². The summed E-state index contributed by atoms with van der Waals surface area (Å²) in [5.74, 6) is -4.86. The molecule has 0 spiro atoms. The summed E-state index contributed by atoms with van der Waals surface area (Å²) in [6, 6.07) is -6.69. The smallest absolute Gasteiger partial charge is 0.326 e. The van der Waals surface area contributed by atoms with Gasteiger partial charge in [-0.15, -0.1) is 0 Å². The molecule has 2 aliphatic heterocycles. The zero-order chi connectivity index (χ0) is 37.0. The van der Waals surface area contributed by atoms with Crippen LogP contribution in [0.15, 0.2) is 17.5 Å². The molecule has 278 valence electrons. The van der Waals surface area contributed by atoms with Gasteiger partial charge in [0.05, 0.1) is 19.0 Å². The molecule has 50 heavy (non-hydrogen) atoms. The molecule has 0 saturated carbocycles. The van der Waals surface area contributed by atoms with Crippen LogP contribution in [-0.2, 0) is 35.2 Å². The van der Waals surface area contributed by atoms with Crippen LogP contribution in [0.4, 0.5) is 0 Å². The van der Waals surface area contributed by atoms with Crippen LogP contribution >= 0.6 is 0 Å². The van der Waals surface area contributed by atoms with Gasteiger partial charge in [0.1, 0.15) is 30.2 Å². The molecule has 1 aromatic rings. The number of carboxylic acids is 1. The van der Waals surface area contributed by atoms with E-state index in [9.17, 15) is 39.0 Å². The van der Waals surface area contributed by atoms with Crippen molar-refractivity contribution >= 4 is 41.5 Å². The molecule has 7 atom stereocenters. The first-order valence-electron chi connectivity index (χ1n) is 16.9. The van der Waals surface area contributed by atoms with Crippen molar-refractivity contribution in [3.63, 3.8) is 0 Å². The molecule has 0 bridgehead atoms. The Morgan fingerprint density at radius 1 is 1.00 bits per heavy atom. The van der Waals surface area contributed by atoms with Crippen LogP contribution in [0.5, 0.6) is 0 Å². The number of aromatic amines is 1. The standard InChI is InChI=1S/C31H51N11O8/c1-3-17(2)24(29(48)42-12-6-9-23(42)30(49)50)40-26(45)21(15-43)39-25(44)20(13-18-14-35-16-37-18)38-27(46)22-8-5-11-41(22)28(47)19(32)7-4-10-36-31(33)34/h14,16-17,19-24,43H,3-13,15,32H2,1-2H3,(H,35,37)(H,38,46)(H,39,44)(H,40,45)(H,49,50)(H4,33,34,36)/t17-,19-,20-,21-,22-,23-,24-/m0/s1. The third-order valence-corrected chi connectivity index (χ3v) is 9.15. The summed E-state index contributed by atoms with van der Waals surface area (Å²) in [7, 11) is 0. The van der Waals surface area contributed by atoms with Gasteiger partial charge in [0.15, 0.2) is 5.96 Å². The van der Waals surface area contributed by atoms with E-state index in [4.69, 9.17) is 17.2 Å². The molecule has 5 amide bonds. The molecule has 0 aliphatic carbocycles. The maximum Gasteiger partial charge on any atom is 0.326 e. The monoisotopic (exact) mass is 705 g/mol. The van der Waals surface area contributed by atoms with E-state index in [1.807, 2.05) is 6.92 Å². The first-order chi connectivity index (χ1) is 23.8. The Kier molecular flexibility index (Phi) is 14.9. The van der Waals surface area contributed by atoms with Gasteiger partial charge in [-0.1, -0.05) is 20.3 Å². The summed E-state index contributed by atoms with van der Waals surface area (Å²) in [6.07, 6.45) is 5.67. The first-order valence-corrected chi connectivity index (χ1v) is 16.9. The number of guanidine groups is 1. The van der Waals surface area contributed by atoms with Gasteiger partial charge in [0.25, 0.3) is 0 Å². The number of nitrogens with two attached hydrogens (primary N) is 3. The van der Waals surface area contributed by atoms with Crippen LogP contribution in [0, 0.1) is 5.92 Å². The van der Waals surface area contributed by atoms with E-state index in [0.717, 1.165) is 0 Å². The molecule has 3 rings (SSSR count). The van der Waals surface area contributed by atoms with E-state index < -0.39 is 84.3 Å². The summed E-state index contributed by atoms with van der Waals surface area (Å²) in [6.45, 7) is 3.52. The highest BCUT2D eigenvalue weighted by Crippen LogP contribution is 2.22. The van der Waals surface area contributed by atoms with Crippen molar-refractivity contribution in [3.05, 3.63) is 18.2 Å². The van der Waals surface area contributed by atoms with Gasteiger partial charge < -0.3 is 58.1 Å². The average molecular weight is 706 g/mol. The van der Waals surface area contributed by atoms with E-state index in [-0.39, 0.29) is 25.3 Å². The van der Waals surface area contributed by atoms with Crippen molar-refractivity contribution in [2.75, 3.05) is 26.2 Å². The molecule has 2 aliphatic rings. The second-order valence-corrected chi connectivity index (χ2v) is 12.7. The Labute approximate surface area is 290 Å². The molecule has 2 saturated heterocycles. The van der Waals surface area contributed by atoms with Crippen molar-refractivity contribution < 1.29 is 39.0 Å². The Hall–Kier alpha value is -4.78. The number of imidazole rings is 1. The Balaban J connectivity index is 1.71. The van der Waals surface area contributed by atoms with Gasteiger partial charge in [-0.2, -0.15) is 0 Å². The van der Waals surface area contributed by atoms with Gasteiger partial charge in [-0.3, -0.25) is 29.0 Å². The topological polar surface area (TPSA) is 305 Å². The number of amides is 5. The van der Waals surface area contributed by atoms with Gasteiger partial charge in [0.2, 0.25) is 29.5 Å². The minimum Gasteiger partial charge on any atom is -0.480 e. The van der Waals surface area contributed by atoms with Gasteiger partial charge >= 0.3 is 5.97 Å². The quantitative estimate of drug-likeness (QED) is 0.0417. The number of aliphatic hydroxyl groups excluding tert-OH is 1. The summed E-state index contributed by atoms with van der Waals surface area (Å²) in [5, 5.41) is 27.5. The summed E-state index contributed by atoms with van der Waals surface area (Å²) in [5.41, 5.74) is 17.3. The molecule has 1 aromatic heterocycles. The summed E-state index contributed by atoms with van der Waals surface area (Å²) >= 11 is 0. The number of aliphatic imine (C=N–C) groups is 1. The van der Waals surface area contributed by atoms with Crippen molar-refractivity contribution in [2.45, 2.75) is 101 Å². The second kappa shape index (κ2) is 18.8.